The summed E-state index contributed by atoms with van der Waals surface area (Å²) < 4.78 is 0. The van der Waals surface area contributed by atoms with Crippen LogP contribution in [0.3, 0.4) is 0 Å². The van der Waals surface area contributed by atoms with Crippen molar-refractivity contribution in [2.45, 2.75) is 59.5 Å². The Bertz CT molecular complexity index is 191. The molecular weight excluding hydrogens is 196 g/mol. The molecule has 1 heterocycles. The molecule has 0 spiro atoms. The Morgan fingerprint density at radius 2 is 1.94 bits per heavy atom. The molecule has 16 heavy (non-hydrogen) atoms. The molecule has 0 amide bonds. The third-order valence-electron chi connectivity index (χ3n) is 4.31. The molecule has 1 aliphatic heterocycles. The van der Waals surface area contributed by atoms with Crippen LogP contribution in [0.1, 0.15) is 47.5 Å². The molecule has 1 saturated heterocycles. The fourth-order valence-corrected chi connectivity index (χ4v) is 2.50. The second-order valence-electron chi connectivity index (χ2n) is 5.78. The number of hydrogen-bond acceptors (Lipinski definition) is 2. The summed E-state index contributed by atoms with van der Waals surface area (Å²) >= 11 is 0. The van der Waals surface area contributed by atoms with Crippen LogP contribution in [0.4, 0.5) is 0 Å². The van der Waals surface area contributed by atoms with Gasteiger partial charge in [0, 0.05) is 18.6 Å². The van der Waals surface area contributed by atoms with Gasteiger partial charge in [-0.05, 0) is 38.3 Å². The molecule has 0 bridgehead atoms. The first-order chi connectivity index (χ1) is 7.56. The van der Waals surface area contributed by atoms with Crippen molar-refractivity contribution in [2.75, 3.05) is 19.6 Å². The summed E-state index contributed by atoms with van der Waals surface area (Å²) in [4.78, 5) is 2.69. The lowest BCUT2D eigenvalue weighted by Gasteiger charge is -2.34. The summed E-state index contributed by atoms with van der Waals surface area (Å²) in [5.41, 5.74) is 0. The summed E-state index contributed by atoms with van der Waals surface area (Å²) in [5, 5.41) is 3.68. The zero-order valence-corrected chi connectivity index (χ0v) is 11.8. The van der Waals surface area contributed by atoms with E-state index in [0.717, 1.165) is 17.9 Å². The van der Waals surface area contributed by atoms with Crippen LogP contribution < -0.4 is 5.32 Å². The van der Waals surface area contributed by atoms with E-state index in [-0.39, 0.29) is 0 Å². The molecule has 3 unspecified atom stereocenters. The first kappa shape index (κ1) is 14.0. The van der Waals surface area contributed by atoms with E-state index in [0.29, 0.717) is 6.04 Å². The van der Waals surface area contributed by atoms with E-state index in [1.165, 1.54) is 32.5 Å². The average Bonchev–Trinajstić information content (AvgIpc) is 2.52. The molecule has 0 aromatic carbocycles. The van der Waals surface area contributed by atoms with Crippen LogP contribution in [0, 0.1) is 11.8 Å². The highest BCUT2D eigenvalue weighted by Crippen LogP contribution is 2.18. The lowest BCUT2D eigenvalue weighted by atomic mass is 9.97. The zero-order chi connectivity index (χ0) is 12.1. The monoisotopic (exact) mass is 226 g/mol. The summed E-state index contributed by atoms with van der Waals surface area (Å²) in [6.45, 7) is 15.4. The molecule has 1 N–H and O–H groups in total. The maximum Gasteiger partial charge on any atom is 0.0218 e. The first-order valence-corrected chi connectivity index (χ1v) is 7.03. The van der Waals surface area contributed by atoms with Crippen molar-refractivity contribution < 1.29 is 0 Å². The fraction of sp³-hybridized carbons (Fsp3) is 1.00. The van der Waals surface area contributed by atoms with E-state index in [1.807, 2.05) is 0 Å². The van der Waals surface area contributed by atoms with E-state index in [9.17, 15) is 0 Å². The molecule has 0 saturated carbocycles. The molecule has 0 aliphatic carbocycles. The Kier molecular flexibility index (Phi) is 5.77. The summed E-state index contributed by atoms with van der Waals surface area (Å²) in [5.74, 6) is 1.55. The van der Waals surface area contributed by atoms with Crippen molar-refractivity contribution >= 4 is 0 Å². The van der Waals surface area contributed by atoms with Gasteiger partial charge in [0.05, 0.1) is 0 Å². The molecule has 1 aliphatic rings. The maximum atomic E-state index is 3.68. The highest BCUT2D eigenvalue weighted by Gasteiger charge is 2.25. The van der Waals surface area contributed by atoms with Crippen molar-refractivity contribution in [3.8, 4) is 0 Å². The van der Waals surface area contributed by atoms with Crippen molar-refractivity contribution in [3.63, 3.8) is 0 Å². The second kappa shape index (κ2) is 6.61. The molecule has 2 nitrogen and oxygen atoms in total. The Balaban J connectivity index is 2.57. The number of rotatable bonds is 4. The van der Waals surface area contributed by atoms with Gasteiger partial charge in [-0.1, -0.05) is 34.1 Å². The predicted octanol–water partition coefficient (Wildman–Crippen LogP) is 2.74. The molecule has 3 atom stereocenters. The molecule has 1 rings (SSSR count). The van der Waals surface area contributed by atoms with Gasteiger partial charge in [-0.25, -0.2) is 0 Å². The lowest BCUT2D eigenvalue weighted by Crippen LogP contribution is -2.46. The van der Waals surface area contributed by atoms with Crippen molar-refractivity contribution in [1.29, 1.82) is 0 Å². The van der Waals surface area contributed by atoms with Crippen LogP contribution in [0.5, 0.6) is 0 Å². The Morgan fingerprint density at radius 3 is 2.50 bits per heavy atom. The molecular formula is C14H30N2. The minimum absolute atomic E-state index is 0.675. The number of nitrogens with zero attached hydrogens (tertiary/aromatic N) is 1. The van der Waals surface area contributed by atoms with Crippen LogP contribution in [0.15, 0.2) is 0 Å². The molecule has 0 radical (unpaired) electrons. The van der Waals surface area contributed by atoms with Gasteiger partial charge in [0.25, 0.3) is 0 Å². The highest BCUT2D eigenvalue weighted by molar-refractivity contribution is 4.82. The van der Waals surface area contributed by atoms with Gasteiger partial charge in [-0.15, -0.1) is 0 Å². The van der Waals surface area contributed by atoms with E-state index in [2.05, 4.69) is 44.8 Å². The van der Waals surface area contributed by atoms with Gasteiger partial charge in [0.2, 0.25) is 0 Å². The third-order valence-corrected chi connectivity index (χ3v) is 4.31. The van der Waals surface area contributed by atoms with Gasteiger partial charge < -0.3 is 5.32 Å². The largest absolute Gasteiger partial charge is 0.312 e. The van der Waals surface area contributed by atoms with E-state index < -0.39 is 0 Å². The average molecular weight is 226 g/mol. The topological polar surface area (TPSA) is 15.3 Å². The minimum Gasteiger partial charge on any atom is -0.312 e. The number of nitrogens with one attached hydrogen (secondary N) is 1. The predicted molar refractivity (Wildman–Crippen MR) is 71.7 cm³/mol. The van der Waals surface area contributed by atoms with Crippen LogP contribution in [-0.4, -0.2) is 36.6 Å². The second-order valence-corrected chi connectivity index (χ2v) is 5.78. The van der Waals surface area contributed by atoms with Crippen LogP contribution in [0.25, 0.3) is 0 Å². The summed E-state index contributed by atoms with van der Waals surface area (Å²) in [7, 11) is 0. The van der Waals surface area contributed by atoms with Gasteiger partial charge in [-0.2, -0.15) is 0 Å². The normalized spacial score (nSPS) is 27.8. The highest BCUT2D eigenvalue weighted by atomic mass is 15.2. The third kappa shape index (κ3) is 3.74. The Hall–Kier alpha value is -0.0800. The molecule has 0 aromatic rings. The van der Waals surface area contributed by atoms with Gasteiger partial charge in [0.15, 0.2) is 0 Å². The Morgan fingerprint density at radius 1 is 1.25 bits per heavy atom. The van der Waals surface area contributed by atoms with Gasteiger partial charge in [-0.3, -0.25) is 4.90 Å². The molecule has 1 fully saturated rings. The standard InChI is InChI=1S/C14H30N2/c1-6-12(4)13(5)16-9-7-8-15-14(10-16)11(2)3/h11-15H,6-10H2,1-5H3. The molecule has 96 valence electrons. The molecule has 2 heteroatoms. The van der Waals surface area contributed by atoms with Crippen molar-refractivity contribution in [3.05, 3.63) is 0 Å². The van der Waals surface area contributed by atoms with Crippen LogP contribution in [0.2, 0.25) is 0 Å². The summed E-state index contributed by atoms with van der Waals surface area (Å²) in [6, 6.07) is 1.40. The first-order valence-electron chi connectivity index (χ1n) is 7.03. The maximum absolute atomic E-state index is 3.68. The van der Waals surface area contributed by atoms with Gasteiger partial charge >= 0.3 is 0 Å². The Labute approximate surface area is 102 Å². The van der Waals surface area contributed by atoms with E-state index in [1.54, 1.807) is 0 Å². The quantitative estimate of drug-likeness (QED) is 0.793. The SMILES string of the molecule is CCC(C)C(C)N1CCCNC(C(C)C)C1. The van der Waals surface area contributed by atoms with E-state index in [4.69, 9.17) is 0 Å². The summed E-state index contributed by atoms with van der Waals surface area (Å²) in [6.07, 6.45) is 2.58. The lowest BCUT2D eigenvalue weighted by molar-refractivity contribution is 0.147. The van der Waals surface area contributed by atoms with Crippen molar-refractivity contribution in [1.82, 2.24) is 10.2 Å². The molecule has 0 aromatic heterocycles. The van der Waals surface area contributed by atoms with Crippen LogP contribution >= 0.6 is 0 Å². The van der Waals surface area contributed by atoms with Crippen LogP contribution in [-0.2, 0) is 0 Å². The fourth-order valence-electron chi connectivity index (χ4n) is 2.50. The smallest absolute Gasteiger partial charge is 0.0218 e. The van der Waals surface area contributed by atoms with Crippen molar-refractivity contribution in [2.24, 2.45) is 11.8 Å². The zero-order valence-electron chi connectivity index (χ0n) is 11.8. The van der Waals surface area contributed by atoms with E-state index >= 15 is 0 Å². The van der Waals surface area contributed by atoms with Gasteiger partial charge in [0.1, 0.15) is 0 Å². The number of hydrogen-bond donors (Lipinski definition) is 1. The minimum atomic E-state index is 0.675.